The molecule has 94 valence electrons. The van der Waals surface area contributed by atoms with Crippen molar-refractivity contribution < 1.29 is 4.74 Å². The van der Waals surface area contributed by atoms with E-state index < -0.39 is 6.23 Å². The molecule has 2 aromatic rings. The predicted molar refractivity (Wildman–Crippen MR) is 73.7 cm³/mol. The lowest BCUT2D eigenvalue weighted by Crippen LogP contribution is -2.28. The summed E-state index contributed by atoms with van der Waals surface area (Å²) in [5, 5.41) is 9.43. The lowest BCUT2D eigenvalue weighted by Gasteiger charge is -2.14. The summed E-state index contributed by atoms with van der Waals surface area (Å²) < 4.78 is 5.60. The highest BCUT2D eigenvalue weighted by atomic mass is 16.5. The van der Waals surface area contributed by atoms with Crippen molar-refractivity contribution in [3.8, 4) is 5.75 Å². The van der Waals surface area contributed by atoms with Crippen LogP contribution in [0.3, 0.4) is 0 Å². The third-order valence-electron chi connectivity index (χ3n) is 2.71. The van der Waals surface area contributed by atoms with Crippen LogP contribution in [0.4, 0.5) is 0 Å². The smallest absolute Gasteiger partial charge is 0.148 e. The van der Waals surface area contributed by atoms with E-state index in [2.05, 4.69) is 6.07 Å². The molecule has 0 aliphatic carbocycles. The molecule has 0 aliphatic heterocycles. The molecule has 4 nitrogen and oxygen atoms in total. The second kappa shape index (κ2) is 5.51. The van der Waals surface area contributed by atoms with Gasteiger partial charge in [0, 0.05) is 12.8 Å². The topological polar surface area (TPSA) is 85.1 Å². The van der Waals surface area contributed by atoms with Crippen LogP contribution in [0.15, 0.2) is 42.5 Å². The minimum Gasteiger partial charge on any atom is -0.476 e. The standard InChI is InChI=1S/C14H17N3O/c15-13(16)7-8-14(17)18-12-6-5-10-3-1-2-4-11(10)9-12/h1-6,9,14H,7-8,17H2,(H3,15,16). The van der Waals surface area contributed by atoms with Crippen molar-refractivity contribution in [1.29, 1.82) is 5.41 Å². The van der Waals surface area contributed by atoms with E-state index in [0.29, 0.717) is 12.8 Å². The quantitative estimate of drug-likeness (QED) is 0.427. The van der Waals surface area contributed by atoms with Gasteiger partial charge in [0.15, 0.2) is 0 Å². The normalized spacial score (nSPS) is 12.3. The fourth-order valence-electron chi connectivity index (χ4n) is 1.77. The Morgan fingerprint density at radius 2 is 1.89 bits per heavy atom. The van der Waals surface area contributed by atoms with Gasteiger partial charge in [0.25, 0.3) is 0 Å². The summed E-state index contributed by atoms with van der Waals surface area (Å²) in [6, 6.07) is 13.9. The number of amidine groups is 1. The van der Waals surface area contributed by atoms with Gasteiger partial charge in [-0.2, -0.15) is 0 Å². The molecule has 0 aromatic heterocycles. The Hall–Kier alpha value is -2.07. The highest BCUT2D eigenvalue weighted by Gasteiger charge is 2.05. The van der Waals surface area contributed by atoms with Gasteiger partial charge in [0.05, 0.1) is 5.84 Å². The van der Waals surface area contributed by atoms with Gasteiger partial charge in [-0.25, -0.2) is 0 Å². The van der Waals surface area contributed by atoms with Gasteiger partial charge in [-0.3, -0.25) is 11.1 Å². The molecule has 0 fully saturated rings. The first kappa shape index (κ1) is 12.4. The molecule has 2 aromatic carbocycles. The maximum absolute atomic E-state index is 7.14. The van der Waals surface area contributed by atoms with Crippen LogP contribution in [0.25, 0.3) is 10.8 Å². The van der Waals surface area contributed by atoms with E-state index in [4.69, 9.17) is 21.6 Å². The van der Waals surface area contributed by atoms with Crippen molar-refractivity contribution in [2.75, 3.05) is 0 Å². The summed E-state index contributed by atoms with van der Waals surface area (Å²) in [5.41, 5.74) is 11.1. The molecule has 1 atom stereocenters. The molecular formula is C14H17N3O. The molecule has 0 spiro atoms. The number of rotatable bonds is 5. The molecular weight excluding hydrogens is 226 g/mol. The SMILES string of the molecule is N=C(N)CCC(N)Oc1ccc2ccccc2c1. The summed E-state index contributed by atoms with van der Waals surface area (Å²) in [6.07, 6.45) is 0.562. The minimum absolute atomic E-state index is 0.132. The van der Waals surface area contributed by atoms with E-state index >= 15 is 0 Å². The fraction of sp³-hybridized carbons (Fsp3) is 0.214. The van der Waals surface area contributed by atoms with Gasteiger partial charge in [-0.05, 0) is 22.9 Å². The van der Waals surface area contributed by atoms with Gasteiger partial charge in [-0.1, -0.05) is 30.3 Å². The molecule has 0 bridgehead atoms. The largest absolute Gasteiger partial charge is 0.476 e. The summed E-state index contributed by atoms with van der Waals surface area (Å²) in [5.74, 6) is 0.873. The first-order valence-electron chi connectivity index (χ1n) is 5.89. The molecule has 0 radical (unpaired) electrons. The third kappa shape index (κ3) is 3.21. The summed E-state index contributed by atoms with van der Waals surface area (Å²) in [6.45, 7) is 0. The molecule has 2 rings (SSSR count). The fourth-order valence-corrected chi connectivity index (χ4v) is 1.77. The molecule has 0 amide bonds. The molecule has 0 saturated heterocycles. The van der Waals surface area contributed by atoms with Crippen LogP contribution in [-0.2, 0) is 0 Å². The molecule has 1 unspecified atom stereocenters. The average molecular weight is 243 g/mol. The average Bonchev–Trinajstić information content (AvgIpc) is 2.36. The van der Waals surface area contributed by atoms with Crippen molar-refractivity contribution in [2.45, 2.75) is 19.1 Å². The highest BCUT2D eigenvalue weighted by Crippen LogP contribution is 2.21. The van der Waals surface area contributed by atoms with E-state index in [1.54, 1.807) is 0 Å². The van der Waals surface area contributed by atoms with E-state index in [9.17, 15) is 0 Å². The highest BCUT2D eigenvalue weighted by molar-refractivity contribution is 5.83. The van der Waals surface area contributed by atoms with Crippen LogP contribution in [0.5, 0.6) is 5.75 Å². The summed E-state index contributed by atoms with van der Waals surface area (Å²) in [7, 11) is 0. The van der Waals surface area contributed by atoms with Gasteiger partial charge < -0.3 is 10.5 Å². The first-order valence-corrected chi connectivity index (χ1v) is 5.89. The van der Waals surface area contributed by atoms with Gasteiger partial charge >= 0.3 is 0 Å². The van der Waals surface area contributed by atoms with Gasteiger partial charge in [-0.15, -0.1) is 0 Å². The Morgan fingerprint density at radius 1 is 1.17 bits per heavy atom. The minimum atomic E-state index is -0.435. The second-order valence-electron chi connectivity index (χ2n) is 4.23. The number of nitrogens with one attached hydrogen (secondary N) is 1. The van der Waals surface area contributed by atoms with E-state index in [1.807, 2.05) is 36.4 Å². The Morgan fingerprint density at radius 3 is 2.61 bits per heavy atom. The first-order chi connectivity index (χ1) is 8.65. The van der Waals surface area contributed by atoms with Crippen molar-refractivity contribution >= 4 is 16.6 Å². The Kier molecular flexibility index (Phi) is 3.79. The van der Waals surface area contributed by atoms with Gasteiger partial charge in [0.1, 0.15) is 12.0 Å². The van der Waals surface area contributed by atoms with Crippen molar-refractivity contribution in [1.82, 2.24) is 0 Å². The molecule has 0 saturated carbocycles. The van der Waals surface area contributed by atoms with Crippen LogP contribution in [-0.4, -0.2) is 12.1 Å². The molecule has 0 heterocycles. The van der Waals surface area contributed by atoms with E-state index in [-0.39, 0.29) is 5.84 Å². The van der Waals surface area contributed by atoms with Crippen molar-refractivity contribution in [3.63, 3.8) is 0 Å². The summed E-state index contributed by atoms with van der Waals surface area (Å²) >= 11 is 0. The number of nitrogens with two attached hydrogens (primary N) is 2. The zero-order chi connectivity index (χ0) is 13.0. The van der Waals surface area contributed by atoms with Crippen LogP contribution >= 0.6 is 0 Å². The maximum Gasteiger partial charge on any atom is 0.148 e. The van der Waals surface area contributed by atoms with Crippen LogP contribution < -0.4 is 16.2 Å². The van der Waals surface area contributed by atoms with Crippen LogP contribution in [0, 0.1) is 5.41 Å². The zero-order valence-electron chi connectivity index (χ0n) is 10.1. The molecule has 5 N–H and O–H groups in total. The number of hydrogen-bond donors (Lipinski definition) is 3. The Balaban J connectivity index is 2.05. The predicted octanol–water partition coefficient (Wildman–Crippen LogP) is 2.22. The molecule has 4 heteroatoms. The number of ether oxygens (including phenoxy) is 1. The second-order valence-corrected chi connectivity index (χ2v) is 4.23. The lowest BCUT2D eigenvalue weighted by molar-refractivity contribution is 0.201. The van der Waals surface area contributed by atoms with Crippen LogP contribution in [0.1, 0.15) is 12.8 Å². The zero-order valence-corrected chi connectivity index (χ0v) is 10.1. The Bertz CT molecular complexity index is 553. The third-order valence-corrected chi connectivity index (χ3v) is 2.71. The van der Waals surface area contributed by atoms with Gasteiger partial charge in [0.2, 0.25) is 0 Å². The van der Waals surface area contributed by atoms with E-state index in [0.717, 1.165) is 11.1 Å². The maximum atomic E-state index is 7.14. The Labute approximate surface area is 106 Å². The van der Waals surface area contributed by atoms with Crippen molar-refractivity contribution in [2.24, 2.45) is 11.5 Å². The van der Waals surface area contributed by atoms with Crippen LogP contribution in [0.2, 0.25) is 0 Å². The number of benzene rings is 2. The van der Waals surface area contributed by atoms with E-state index in [1.165, 1.54) is 5.39 Å². The monoisotopic (exact) mass is 243 g/mol. The molecule has 18 heavy (non-hydrogen) atoms. The summed E-state index contributed by atoms with van der Waals surface area (Å²) in [4.78, 5) is 0. The number of fused-ring (bicyclic) bond motifs is 1. The van der Waals surface area contributed by atoms with Crippen molar-refractivity contribution in [3.05, 3.63) is 42.5 Å². The lowest BCUT2D eigenvalue weighted by atomic mass is 10.1. The molecule has 0 aliphatic rings. The number of hydrogen-bond acceptors (Lipinski definition) is 3.